The Morgan fingerprint density at radius 2 is 1.83 bits per heavy atom. The van der Waals surface area contributed by atoms with Crippen LogP contribution in [0.4, 0.5) is 11.4 Å². The second-order valence-corrected chi connectivity index (χ2v) is 7.63. The van der Waals surface area contributed by atoms with Crippen LogP contribution in [0.15, 0.2) is 53.3 Å². The molecule has 1 N–H and O–H groups in total. The molecule has 0 atom stereocenters. The SMILES string of the molecule is CCNc1ccc(C(=O)N(C)c2ccc3c(c2)c(C2CC2)cc(=O)n3CC)cc1. The van der Waals surface area contributed by atoms with Gasteiger partial charge in [-0.25, -0.2) is 0 Å². The van der Waals surface area contributed by atoms with Crippen molar-refractivity contribution in [3.8, 4) is 0 Å². The molecule has 0 bridgehead atoms. The van der Waals surface area contributed by atoms with Crippen molar-refractivity contribution >= 4 is 28.2 Å². The summed E-state index contributed by atoms with van der Waals surface area (Å²) in [4.78, 5) is 27.2. The van der Waals surface area contributed by atoms with E-state index in [0.717, 1.165) is 47.2 Å². The van der Waals surface area contributed by atoms with Gasteiger partial charge in [0.1, 0.15) is 0 Å². The van der Waals surface area contributed by atoms with E-state index >= 15 is 0 Å². The predicted octanol–water partition coefficient (Wildman–Crippen LogP) is 4.61. The molecule has 0 aliphatic heterocycles. The van der Waals surface area contributed by atoms with Gasteiger partial charge in [0, 0.05) is 48.5 Å². The number of aryl methyl sites for hydroxylation is 1. The Hall–Kier alpha value is -3.08. The number of pyridine rings is 1. The summed E-state index contributed by atoms with van der Waals surface area (Å²) in [6.07, 6.45) is 2.25. The van der Waals surface area contributed by atoms with Gasteiger partial charge < -0.3 is 14.8 Å². The second kappa shape index (κ2) is 7.74. The molecule has 1 heterocycles. The Labute approximate surface area is 171 Å². The minimum Gasteiger partial charge on any atom is -0.385 e. The van der Waals surface area contributed by atoms with E-state index in [2.05, 4.69) is 11.4 Å². The number of hydrogen-bond donors (Lipinski definition) is 1. The average Bonchev–Trinajstić information content (AvgIpc) is 3.58. The molecule has 5 heteroatoms. The van der Waals surface area contributed by atoms with Crippen LogP contribution in [0, 0.1) is 0 Å². The van der Waals surface area contributed by atoms with Gasteiger partial charge in [0.2, 0.25) is 0 Å². The van der Waals surface area contributed by atoms with Crippen LogP contribution < -0.4 is 15.8 Å². The summed E-state index contributed by atoms with van der Waals surface area (Å²) < 4.78 is 1.80. The lowest BCUT2D eigenvalue weighted by Gasteiger charge is -2.20. The molecule has 150 valence electrons. The lowest BCUT2D eigenvalue weighted by atomic mass is 10.0. The summed E-state index contributed by atoms with van der Waals surface area (Å²) >= 11 is 0. The monoisotopic (exact) mass is 389 g/mol. The largest absolute Gasteiger partial charge is 0.385 e. The van der Waals surface area contributed by atoms with E-state index in [-0.39, 0.29) is 11.5 Å². The quantitative estimate of drug-likeness (QED) is 0.670. The fourth-order valence-corrected chi connectivity index (χ4v) is 3.91. The first-order valence-corrected chi connectivity index (χ1v) is 10.3. The lowest BCUT2D eigenvalue weighted by molar-refractivity contribution is 0.0993. The molecular weight excluding hydrogens is 362 g/mol. The number of nitrogens with one attached hydrogen (secondary N) is 1. The van der Waals surface area contributed by atoms with Crippen LogP contribution in [0.1, 0.15) is 48.5 Å². The van der Waals surface area contributed by atoms with E-state index in [1.54, 1.807) is 22.6 Å². The van der Waals surface area contributed by atoms with Crippen LogP contribution in [-0.2, 0) is 6.54 Å². The number of rotatable bonds is 6. The summed E-state index contributed by atoms with van der Waals surface area (Å²) in [7, 11) is 1.80. The Balaban J connectivity index is 1.71. The molecule has 1 aliphatic rings. The van der Waals surface area contributed by atoms with Crippen molar-refractivity contribution in [1.29, 1.82) is 0 Å². The van der Waals surface area contributed by atoms with Crippen molar-refractivity contribution in [1.82, 2.24) is 4.57 Å². The molecule has 0 radical (unpaired) electrons. The smallest absolute Gasteiger partial charge is 0.258 e. The topological polar surface area (TPSA) is 54.3 Å². The molecule has 29 heavy (non-hydrogen) atoms. The van der Waals surface area contributed by atoms with E-state index in [4.69, 9.17) is 0 Å². The van der Waals surface area contributed by atoms with Crippen LogP contribution in [0.5, 0.6) is 0 Å². The number of hydrogen-bond acceptors (Lipinski definition) is 3. The van der Waals surface area contributed by atoms with E-state index in [0.29, 0.717) is 18.0 Å². The number of aromatic nitrogens is 1. The number of amides is 1. The maximum absolute atomic E-state index is 13.0. The molecule has 1 aromatic heterocycles. The first-order valence-electron chi connectivity index (χ1n) is 10.3. The third-order valence-corrected chi connectivity index (χ3v) is 5.67. The summed E-state index contributed by atoms with van der Waals surface area (Å²) in [5.74, 6) is 0.413. The zero-order chi connectivity index (χ0) is 20.5. The third kappa shape index (κ3) is 3.65. The Morgan fingerprint density at radius 3 is 2.45 bits per heavy atom. The van der Waals surface area contributed by atoms with Crippen LogP contribution in [0.25, 0.3) is 10.9 Å². The normalized spacial score (nSPS) is 13.5. The third-order valence-electron chi connectivity index (χ3n) is 5.67. The van der Waals surface area contributed by atoms with Gasteiger partial charge in [-0.1, -0.05) is 0 Å². The average molecular weight is 389 g/mol. The fourth-order valence-electron chi connectivity index (χ4n) is 3.91. The molecule has 0 unspecified atom stereocenters. The van der Waals surface area contributed by atoms with Gasteiger partial charge in [0.25, 0.3) is 11.5 Å². The van der Waals surface area contributed by atoms with Crippen molar-refractivity contribution in [2.45, 2.75) is 39.2 Å². The van der Waals surface area contributed by atoms with Crippen molar-refractivity contribution in [3.05, 3.63) is 70.0 Å². The molecule has 4 rings (SSSR count). The van der Waals surface area contributed by atoms with Crippen LogP contribution in [0.3, 0.4) is 0 Å². The molecule has 3 aromatic rings. The van der Waals surface area contributed by atoms with Gasteiger partial charge in [-0.3, -0.25) is 9.59 Å². The molecule has 1 saturated carbocycles. The molecular formula is C24H27N3O2. The highest BCUT2D eigenvalue weighted by molar-refractivity contribution is 6.06. The number of carbonyl (C=O) groups is 1. The fraction of sp³-hybridized carbons (Fsp3) is 0.333. The zero-order valence-electron chi connectivity index (χ0n) is 17.2. The minimum absolute atomic E-state index is 0.0517. The summed E-state index contributed by atoms with van der Waals surface area (Å²) in [5.41, 5.74) is 4.61. The zero-order valence-corrected chi connectivity index (χ0v) is 17.2. The van der Waals surface area contributed by atoms with E-state index in [1.807, 2.05) is 50.2 Å². The van der Waals surface area contributed by atoms with Crippen molar-refractivity contribution in [2.75, 3.05) is 23.8 Å². The highest BCUT2D eigenvalue weighted by Gasteiger charge is 2.27. The maximum atomic E-state index is 13.0. The van der Waals surface area contributed by atoms with E-state index in [1.165, 1.54) is 0 Å². The second-order valence-electron chi connectivity index (χ2n) is 7.63. The van der Waals surface area contributed by atoms with Gasteiger partial charge in [0.05, 0.1) is 5.52 Å². The molecule has 1 aliphatic carbocycles. The lowest BCUT2D eigenvalue weighted by Crippen LogP contribution is -2.26. The van der Waals surface area contributed by atoms with Gasteiger partial charge in [-0.15, -0.1) is 0 Å². The predicted molar refractivity (Wildman–Crippen MR) is 119 cm³/mol. The van der Waals surface area contributed by atoms with Crippen molar-refractivity contribution in [3.63, 3.8) is 0 Å². The van der Waals surface area contributed by atoms with E-state index in [9.17, 15) is 9.59 Å². The molecule has 5 nitrogen and oxygen atoms in total. The van der Waals surface area contributed by atoms with Gasteiger partial charge in [-0.05, 0) is 80.6 Å². The van der Waals surface area contributed by atoms with Crippen molar-refractivity contribution < 1.29 is 4.79 Å². The van der Waals surface area contributed by atoms with Gasteiger partial charge in [-0.2, -0.15) is 0 Å². The molecule has 0 saturated heterocycles. The van der Waals surface area contributed by atoms with Gasteiger partial charge >= 0.3 is 0 Å². The number of anilines is 2. The highest BCUT2D eigenvalue weighted by Crippen LogP contribution is 2.43. The van der Waals surface area contributed by atoms with Crippen LogP contribution in [-0.4, -0.2) is 24.1 Å². The summed E-state index contributed by atoms with van der Waals surface area (Å²) in [5, 5.41) is 4.32. The minimum atomic E-state index is -0.0517. The van der Waals surface area contributed by atoms with Crippen LogP contribution in [0.2, 0.25) is 0 Å². The molecule has 1 fully saturated rings. The molecule has 0 spiro atoms. The Bertz CT molecular complexity index is 1110. The summed E-state index contributed by atoms with van der Waals surface area (Å²) in [6.45, 7) is 5.50. The number of nitrogens with zero attached hydrogens (tertiary/aromatic N) is 2. The first kappa shape index (κ1) is 19.2. The number of carbonyl (C=O) groups excluding carboxylic acids is 1. The molecule has 1 amide bonds. The Kier molecular flexibility index (Phi) is 5.14. The van der Waals surface area contributed by atoms with Crippen molar-refractivity contribution in [2.24, 2.45) is 0 Å². The number of benzene rings is 2. The maximum Gasteiger partial charge on any atom is 0.258 e. The van der Waals surface area contributed by atoms with E-state index < -0.39 is 0 Å². The number of fused-ring (bicyclic) bond motifs is 1. The highest BCUT2D eigenvalue weighted by atomic mass is 16.2. The van der Waals surface area contributed by atoms with Crippen LogP contribution >= 0.6 is 0 Å². The summed E-state index contributed by atoms with van der Waals surface area (Å²) in [6, 6.07) is 15.3. The van der Waals surface area contributed by atoms with Gasteiger partial charge in [0.15, 0.2) is 0 Å². The Morgan fingerprint density at radius 1 is 1.10 bits per heavy atom. The first-order chi connectivity index (χ1) is 14.0. The standard InChI is InChI=1S/C24H27N3O2/c1-4-25-18-10-8-17(9-11-18)24(29)26(3)19-12-13-22-21(14-19)20(16-6-7-16)15-23(28)27(22)5-2/h8-16,25H,4-7H2,1-3H3. The molecule has 2 aromatic carbocycles.